The molecule has 0 radical (unpaired) electrons. The molecule has 0 aliphatic carbocycles. The van der Waals surface area contributed by atoms with E-state index in [1.807, 2.05) is 59.7 Å². The van der Waals surface area contributed by atoms with Crippen molar-refractivity contribution < 1.29 is 28.7 Å². The van der Waals surface area contributed by atoms with E-state index in [2.05, 4.69) is 15.4 Å². The topological polar surface area (TPSA) is 114 Å². The lowest BCUT2D eigenvalue weighted by atomic mass is 9.93. The van der Waals surface area contributed by atoms with Crippen molar-refractivity contribution in [1.82, 2.24) is 15.5 Å². The van der Waals surface area contributed by atoms with Crippen LogP contribution in [0.15, 0.2) is 18.2 Å². The Morgan fingerprint density at radius 2 is 1.62 bits per heavy atom. The molecule has 37 heavy (non-hydrogen) atoms. The molecule has 3 amide bonds. The first kappa shape index (κ1) is 31.9. The summed E-state index contributed by atoms with van der Waals surface area (Å²) in [5.74, 6) is -1.74. The summed E-state index contributed by atoms with van der Waals surface area (Å²) in [6, 6.07) is 3.28. The Kier molecular flexibility index (Phi) is 12.1. The number of carbonyl (C=O) groups is 4. The van der Waals surface area contributed by atoms with Crippen LogP contribution in [0.25, 0.3) is 0 Å². The number of ether oxygens (including phenoxy) is 2. The van der Waals surface area contributed by atoms with E-state index >= 15 is 0 Å². The van der Waals surface area contributed by atoms with Crippen LogP contribution in [0.5, 0.6) is 0 Å². The van der Waals surface area contributed by atoms with Gasteiger partial charge in [-0.1, -0.05) is 45.4 Å². The first-order valence-electron chi connectivity index (χ1n) is 12.9. The number of rotatable bonds is 11. The Labute approximate surface area is 221 Å². The Morgan fingerprint density at radius 1 is 1.00 bits per heavy atom. The first-order valence-corrected chi connectivity index (χ1v) is 12.9. The molecule has 0 fully saturated rings. The van der Waals surface area contributed by atoms with Crippen molar-refractivity contribution in [2.75, 3.05) is 13.7 Å². The second kappa shape index (κ2) is 14.0. The van der Waals surface area contributed by atoms with Crippen LogP contribution in [0.3, 0.4) is 0 Å². The fourth-order valence-corrected chi connectivity index (χ4v) is 3.77. The Balaban J connectivity index is 3.60. The van der Waals surface area contributed by atoms with Gasteiger partial charge in [-0.15, -0.1) is 0 Å². The van der Waals surface area contributed by atoms with Gasteiger partial charge in [0.2, 0.25) is 11.8 Å². The fourth-order valence-electron chi connectivity index (χ4n) is 3.77. The van der Waals surface area contributed by atoms with Gasteiger partial charge in [-0.2, -0.15) is 0 Å². The van der Waals surface area contributed by atoms with Crippen molar-refractivity contribution in [1.29, 1.82) is 0 Å². The summed E-state index contributed by atoms with van der Waals surface area (Å²) in [6.07, 6.45) is 0.480. The molecular weight excluding hydrogens is 474 g/mol. The van der Waals surface area contributed by atoms with Crippen LogP contribution >= 0.6 is 0 Å². The lowest BCUT2D eigenvalue weighted by molar-refractivity contribution is -0.147. The highest BCUT2D eigenvalue weighted by atomic mass is 16.6. The Bertz CT molecular complexity index is 956. The summed E-state index contributed by atoms with van der Waals surface area (Å²) >= 11 is 0. The summed E-state index contributed by atoms with van der Waals surface area (Å²) in [6.45, 7) is 16.4. The highest BCUT2D eigenvalue weighted by Gasteiger charge is 2.40. The molecule has 4 unspecified atom stereocenters. The number of hydrogen-bond acceptors (Lipinski definition) is 6. The first-order chi connectivity index (χ1) is 17.2. The van der Waals surface area contributed by atoms with Crippen LogP contribution in [0.2, 0.25) is 0 Å². The lowest BCUT2D eigenvalue weighted by Crippen LogP contribution is -2.57. The highest BCUT2D eigenvalue weighted by molar-refractivity contribution is 5.93. The normalized spacial score (nSPS) is 14.5. The summed E-state index contributed by atoms with van der Waals surface area (Å²) in [7, 11) is 1.24. The number of methoxy groups -OCH3 is 1. The highest BCUT2D eigenvalue weighted by Crippen LogP contribution is 2.29. The van der Waals surface area contributed by atoms with Crippen LogP contribution in [0.4, 0.5) is 4.79 Å². The van der Waals surface area contributed by atoms with Crippen molar-refractivity contribution >= 4 is 23.9 Å². The summed E-state index contributed by atoms with van der Waals surface area (Å²) < 4.78 is 10.1. The third kappa shape index (κ3) is 9.37. The number of nitrogens with one attached hydrogen (secondary N) is 2. The summed E-state index contributed by atoms with van der Waals surface area (Å²) in [4.78, 5) is 53.7. The zero-order valence-corrected chi connectivity index (χ0v) is 24.1. The molecule has 0 aliphatic rings. The van der Waals surface area contributed by atoms with Crippen LogP contribution in [0.1, 0.15) is 84.0 Å². The van der Waals surface area contributed by atoms with E-state index in [9.17, 15) is 19.2 Å². The van der Waals surface area contributed by atoms with Gasteiger partial charge in [0.05, 0.1) is 7.11 Å². The molecular formula is C28H45N3O6. The molecule has 1 rings (SSSR count). The van der Waals surface area contributed by atoms with Crippen molar-refractivity contribution in [2.45, 2.75) is 98.9 Å². The third-order valence-electron chi connectivity index (χ3n) is 6.48. The molecule has 0 bridgehead atoms. The number of benzene rings is 1. The predicted octanol–water partition coefficient (Wildman–Crippen LogP) is 4.20. The molecule has 0 saturated heterocycles. The Hall–Kier alpha value is -3.10. The fraction of sp³-hybridized carbons (Fsp3) is 0.643. The zero-order chi connectivity index (χ0) is 28.5. The monoisotopic (exact) mass is 519 g/mol. The smallest absolute Gasteiger partial charge is 0.408 e. The number of aryl methyl sites for hydroxylation is 2. The molecule has 0 aliphatic heterocycles. The van der Waals surface area contributed by atoms with E-state index in [0.717, 1.165) is 11.1 Å². The van der Waals surface area contributed by atoms with Gasteiger partial charge in [-0.25, -0.2) is 4.79 Å². The molecule has 0 heterocycles. The van der Waals surface area contributed by atoms with E-state index in [1.165, 1.54) is 12.0 Å². The maximum atomic E-state index is 14.2. The number of esters is 1. The minimum atomic E-state index is -1.03. The second-order valence-electron chi connectivity index (χ2n) is 10.6. The van der Waals surface area contributed by atoms with E-state index in [-0.39, 0.29) is 18.5 Å². The third-order valence-corrected chi connectivity index (χ3v) is 6.48. The summed E-state index contributed by atoms with van der Waals surface area (Å²) in [5, 5.41) is 5.37. The number of amides is 3. The molecule has 208 valence electrons. The van der Waals surface area contributed by atoms with E-state index in [4.69, 9.17) is 4.74 Å². The van der Waals surface area contributed by atoms with Crippen molar-refractivity contribution in [3.8, 4) is 0 Å². The maximum absolute atomic E-state index is 14.2. The minimum Gasteiger partial charge on any atom is -0.468 e. The largest absolute Gasteiger partial charge is 0.468 e. The van der Waals surface area contributed by atoms with Gasteiger partial charge in [0, 0.05) is 6.04 Å². The molecule has 2 N–H and O–H groups in total. The molecule has 9 nitrogen and oxygen atoms in total. The van der Waals surface area contributed by atoms with Crippen LogP contribution in [-0.2, 0) is 23.9 Å². The number of hydrogen-bond donors (Lipinski definition) is 2. The van der Waals surface area contributed by atoms with E-state index in [0.29, 0.717) is 18.4 Å². The quantitative estimate of drug-likeness (QED) is 0.424. The molecule has 0 saturated carbocycles. The maximum Gasteiger partial charge on any atom is 0.408 e. The standard InChI is InChI=1S/C28H45N3O6/c1-11-17(3)23(30-27(35)37-28(7,8)9)26(34)31(20(6)12-2)24(25(33)29-16-22(32)36-10)21-14-13-18(4)19(5)15-21/h13-15,17,20,23-24H,11-12,16H2,1-10H3,(H,29,33)(H,30,35). The van der Waals surface area contributed by atoms with Gasteiger partial charge in [0.25, 0.3) is 0 Å². The summed E-state index contributed by atoms with van der Waals surface area (Å²) in [5.41, 5.74) is 1.88. The Morgan fingerprint density at radius 3 is 2.11 bits per heavy atom. The lowest BCUT2D eigenvalue weighted by Gasteiger charge is -2.39. The van der Waals surface area contributed by atoms with Crippen LogP contribution < -0.4 is 10.6 Å². The SMILES string of the molecule is CCC(C)C(NC(=O)OC(C)(C)C)C(=O)N(C(C)CC)C(C(=O)NCC(=O)OC)c1ccc(C)c(C)c1. The van der Waals surface area contributed by atoms with Gasteiger partial charge in [0.1, 0.15) is 24.2 Å². The van der Waals surface area contributed by atoms with Gasteiger partial charge < -0.3 is 25.0 Å². The number of nitrogens with zero attached hydrogens (tertiary/aromatic N) is 1. The van der Waals surface area contributed by atoms with E-state index < -0.39 is 41.6 Å². The van der Waals surface area contributed by atoms with E-state index in [1.54, 1.807) is 20.8 Å². The molecule has 0 aromatic heterocycles. The van der Waals surface area contributed by atoms with Crippen molar-refractivity contribution in [3.05, 3.63) is 34.9 Å². The minimum absolute atomic E-state index is 0.231. The van der Waals surface area contributed by atoms with Crippen molar-refractivity contribution in [3.63, 3.8) is 0 Å². The average molecular weight is 520 g/mol. The van der Waals surface area contributed by atoms with Crippen LogP contribution in [-0.4, -0.2) is 60.1 Å². The average Bonchev–Trinajstić information content (AvgIpc) is 2.83. The molecule has 9 heteroatoms. The van der Waals surface area contributed by atoms with Crippen LogP contribution in [0, 0.1) is 19.8 Å². The second-order valence-corrected chi connectivity index (χ2v) is 10.6. The number of alkyl carbamates (subject to hydrolysis) is 1. The van der Waals surface area contributed by atoms with Gasteiger partial charge >= 0.3 is 12.1 Å². The molecule has 0 spiro atoms. The van der Waals surface area contributed by atoms with Crippen molar-refractivity contribution in [2.24, 2.45) is 5.92 Å². The molecule has 4 atom stereocenters. The molecule has 1 aromatic rings. The number of carbonyl (C=O) groups excluding carboxylic acids is 4. The van der Waals surface area contributed by atoms with Gasteiger partial charge in [-0.05, 0) is 70.6 Å². The van der Waals surface area contributed by atoms with Gasteiger partial charge in [-0.3, -0.25) is 14.4 Å². The zero-order valence-electron chi connectivity index (χ0n) is 24.1. The molecule has 1 aromatic carbocycles. The predicted molar refractivity (Wildman–Crippen MR) is 143 cm³/mol. The van der Waals surface area contributed by atoms with Gasteiger partial charge in [0.15, 0.2) is 0 Å².